The number of aryl methyl sites for hydroxylation is 2. The number of hydrogen-bond donors (Lipinski definition) is 1. The first kappa shape index (κ1) is 14.2. The molecule has 1 N–H and O–H groups in total. The van der Waals surface area contributed by atoms with Crippen LogP contribution in [0.1, 0.15) is 18.1 Å². The smallest absolute Gasteiger partial charge is 0.269 e. The van der Waals surface area contributed by atoms with Crippen LogP contribution in [-0.2, 0) is 19.5 Å². The van der Waals surface area contributed by atoms with Crippen LogP contribution in [0.2, 0.25) is 0 Å². The minimum atomic E-state index is -0.385. The predicted molar refractivity (Wildman–Crippen MR) is 76.4 cm³/mol. The molecule has 0 aliphatic rings. The van der Waals surface area contributed by atoms with Gasteiger partial charge in [0.1, 0.15) is 0 Å². The molecule has 6 heteroatoms. The summed E-state index contributed by atoms with van der Waals surface area (Å²) in [5.74, 6) is 0. The number of hydrogen-bond acceptors (Lipinski definition) is 4. The van der Waals surface area contributed by atoms with Crippen molar-refractivity contribution >= 4 is 5.69 Å². The van der Waals surface area contributed by atoms with Gasteiger partial charge in [0.15, 0.2) is 0 Å². The number of aromatic nitrogens is 2. The van der Waals surface area contributed by atoms with Gasteiger partial charge in [-0.3, -0.25) is 14.8 Å². The molecule has 1 heterocycles. The first-order valence-corrected chi connectivity index (χ1v) is 6.64. The summed E-state index contributed by atoms with van der Waals surface area (Å²) in [7, 11) is 0. The number of nitro groups is 1. The third-order valence-electron chi connectivity index (χ3n) is 3.04. The Bertz CT molecular complexity index is 563. The summed E-state index contributed by atoms with van der Waals surface area (Å²) in [4.78, 5) is 10.2. The quantitative estimate of drug-likeness (QED) is 0.620. The Balaban J connectivity index is 1.88. The van der Waals surface area contributed by atoms with Crippen molar-refractivity contribution in [3.63, 3.8) is 0 Å². The highest BCUT2D eigenvalue weighted by Crippen LogP contribution is 2.12. The lowest BCUT2D eigenvalue weighted by Gasteiger charge is -2.02. The van der Waals surface area contributed by atoms with E-state index in [4.69, 9.17) is 0 Å². The molecule has 0 fully saturated rings. The van der Waals surface area contributed by atoms with Crippen molar-refractivity contribution in [3.8, 4) is 0 Å². The van der Waals surface area contributed by atoms with E-state index in [0.717, 1.165) is 37.2 Å². The summed E-state index contributed by atoms with van der Waals surface area (Å²) in [5.41, 5.74) is 2.36. The molecule has 20 heavy (non-hydrogen) atoms. The highest BCUT2D eigenvalue weighted by Gasteiger charge is 2.04. The maximum atomic E-state index is 10.6. The van der Waals surface area contributed by atoms with Crippen LogP contribution in [0.15, 0.2) is 36.7 Å². The molecule has 0 radical (unpaired) electrons. The van der Waals surface area contributed by atoms with E-state index in [9.17, 15) is 10.1 Å². The van der Waals surface area contributed by atoms with Gasteiger partial charge in [0.2, 0.25) is 0 Å². The van der Waals surface area contributed by atoms with Gasteiger partial charge in [0.25, 0.3) is 5.69 Å². The summed E-state index contributed by atoms with van der Waals surface area (Å²) < 4.78 is 1.90. The molecule has 0 aliphatic carbocycles. The third kappa shape index (κ3) is 3.89. The van der Waals surface area contributed by atoms with Gasteiger partial charge >= 0.3 is 0 Å². The number of rotatable bonds is 7. The van der Waals surface area contributed by atoms with E-state index in [1.54, 1.807) is 12.1 Å². The fourth-order valence-electron chi connectivity index (χ4n) is 1.92. The molecule has 0 aliphatic heterocycles. The standard InChI is InChI=1S/C14H18N4O2/c1-2-15-9-13-10-16-17(11-13)8-7-12-3-5-14(6-4-12)18(19)20/h3-6,10-11,15H,2,7-9H2,1H3. The Hall–Kier alpha value is -2.21. The topological polar surface area (TPSA) is 73.0 Å². The molecule has 0 spiro atoms. The Morgan fingerprint density at radius 2 is 2.05 bits per heavy atom. The molecule has 2 aromatic rings. The van der Waals surface area contributed by atoms with E-state index in [2.05, 4.69) is 17.3 Å². The minimum absolute atomic E-state index is 0.126. The molecule has 1 aromatic heterocycles. The molecule has 0 unspecified atom stereocenters. The normalized spacial score (nSPS) is 10.7. The fourth-order valence-corrected chi connectivity index (χ4v) is 1.92. The number of benzene rings is 1. The van der Waals surface area contributed by atoms with E-state index in [0.29, 0.717) is 0 Å². The second-order valence-electron chi connectivity index (χ2n) is 4.57. The van der Waals surface area contributed by atoms with E-state index in [1.807, 2.05) is 17.1 Å². The van der Waals surface area contributed by atoms with Crippen LogP contribution >= 0.6 is 0 Å². The van der Waals surface area contributed by atoms with Gasteiger partial charge in [-0.2, -0.15) is 5.10 Å². The maximum Gasteiger partial charge on any atom is 0.269 e. The fraction of sp³-hybridized carbons (Fsp3) is 0.357. The van der Waals surface area contributed by atoms with Crippen molar-refractivity contribution in [2.75, 3.05) is 6.54 Å². The zero-order chi connectivity index (χ0) is 14.4. The van der Waals surface area contributed by atoms with Gasteiger partial charge in [0.05, 0.1) is 11.1 Å². The molecule has 0 saturated heterocycles. The van der Waals surface area contributed by atoms with Crippen molar-refractivity contribution < 1.29 is 4.92 Å². The first-order chi connectivity index (χ1) is 9.69. The summed E-state index contributed by atoms with van der Waals surface area (Å²) in [6, 6.07) is 6.66. The van der Waals surface area contributed by atoms with Crippen LogP contribution in [0, 0.1) is 10.1 Å². The van der Waals surface area contributed by atoms with Gasteiger partial charge in [0, 0.05) is 37.0 Å². The lowest BCUT2D eigenvalue weighted by molar-refractivity contribution is -0.384. The van der Waals surface area contributed by atoms with Crippen LogP contribution in [0.25, 0.3) is 0 Å². The summed E-state index contributed by atoms with van der Waals surface area (Å²) in [6.45, 7) is 4.60. The van der Waals surface area contributed by atoms with Crippen molar-refractivity contribution in [2.45, 2.75) is 26.4 Å². The molecule has 0 saturated carbocycles. The summed E-state index contributed by atoms with van der Waals surface area (Å²) in [5, 5.41) is 18.1. The monoisotopic (exact) mass is 274 g/mol. The minimum Gasteiger partial charge on any atom is -0.313 e. The summed E-state index contributed by atoms with van der Waals surface area (Å²) in [6.07, 6.45) is 4.69. The molecule has 6 nitrogen and oxygen atoms in total. The van der Waals surface area contributed by atoms with Crippen LogP contribution < -0.4 is 5.32 Å². The average molecular weight is 274 g/mol. The Labute approximate surface area is 117 Å². The van der Waals surface area contributed by atoms with Crippen molar-refractivity contribution in [1.82, 2.24) is 15.1 Å². The van der Waals surface area contributed by atoms with Gasteiger partial charge in [-0.25, -0.2) is 0 Å². The number of non-ortho nitro benzene ring substituents is 1. The number of nitrogens with zero attached hydrogens (tertiary/aromatic N) is 3. The third-order valence-corrected chi connectivity index (χ3v) is 3.04. The number of nitrogens with one attached hydrogen (secondary N) is 1. The van der Waals surface area contributed by atoms with Gasteiger partial charge < -0.3 is 5.32 Å². The second-order valence-corrected chi connectivity index (χ2v) is 4.57. The average Bonchev–Trinajstić information content (AvgIpc) is 2.91. The van der Waals surface area contributed by atoms with Gasteiger partial charge in [-0.05, 0) is 18.5 Å². The zero-order valence-electron chi connectivity index (χ0n) is 11.5. The molecular formula is C14H18N4O2. The maximum absolute atomic E-state index is 10.6. The highest BCUT2D eigenvalue weighted by molar-refractivity contribution is 5.32. The van der Waals surface area contributed by atoms with Crippen molar-refractivity contribution in [3.05, 3.63) is 57.9 Å². The highest BCUT2D eigenvalue weighted by atomic mass is 16.6. The van der Waals surface area contributed by atoms with Crippen LogP contribution in [0.5, 0.6) is 0 Å². The van der Waals surface area contributed by atoms with Crippen LogP contribution in [0.4, 0.5) is 5.69 Å². The Morgan fingerprint density at radius 1 is 1.30 bits per heavy atom. The van der Waals surface area contributed by atoms with Gasteiger partial charge in [-0.1, -0.05) is 19.1 Å². The van der Waals surface area contributed by atoms with E-state index in [1.165, 1.54) is 12.1 Å². The molecule has 106 valence electrons. The van der Waals surface area contributed by atoms with Crippen LogP contribution in [-0.4, -0.2) is 21.2 Å². The molecule has 0 atom stereocenters. The van der Waals surface area contributed by atoms with E-state index in [-0.39, 0.29) is 10.6 Å². The lowest BCUT2D eigenvalue weighted by atomic mass is 10.1. The molecule has 2 rings (SSSR count). The number of nitro benzene ring substituents is 1. The van der Waals surface area contributed by atoms with E-state index >= 15 is 0 Å². The van der Waals surface area contributed by atoms with E-state index < -0.39 is 0 Å². The summed E-state index contributed by atoms with van der Waals surface area (Å²) >= 11 is 0. The van der Waals surface area contributed by atoms with Gasteiger partial charge in [-0.15, -0.1) is 0 Å². The molecule has 1 aromatic carbocycles. The SMILES string of the molecule is CCNCc1cnn(CCc2ccc([N+](=O)[O-])cc2)c1. The predicted octanol–water partition coefficient (Wildman–Crippen LogP) is 2.14. The largest absolute Gasteiger partial charge is 0.313 e. The lowest BCUT2D eigenvalue weighted by Crippen LogP contribution is -2.11. The van der Waals surface area contributed by atoms with Crippen molar-refractivity contribution in [2.24, 2.45) is 0 Å². The zero-order valence-corrected chi connectivity index (χ0v) is 11.5. The first-order valence-electron chi connectivity index (χ1n) is 6.64. The Kier molecular flexibility index (Phi) is 4.84. The van der Waals surface area contributed by atoms with Crippen molar-refractivity contribution in [1.29, 1.82) is 0 Å². The molecule has 0 amide bonds. The Morgan fingerprint density at radius 3 is 2.70 bits per heavy atom. The van der Waals surface area contributed by atoms with Crippen LogP contribution in [0.3, 0.4) is 0 Å². The molecular weight excluding hydrogens is 256 g/mol. The molecule has 0 bridgehead atoms. The second kappa shape index (κ2) is 6.81.